The summed E-state index contributed by atoms with van der Waals surface area (Å²) in [7, 11) is 0. The number of rotatable bonds is 4. The average molecular weight is 357 g/mol. The first-order valence-electron chi connectivity index (χ1n) is 9.41. The largest absolute Gasteiger partial charge is 0.343 e. The summed E-state index contributed by atoms with van der Waals surface area (Å²) in [6.07, 6.45) is 2.44. The predicted octanol–water partition coefficient (Wildman–Crippen LogP) is 1.25. The third-order valence-electron chi connectivity index (χ3n) is 5.08. The highest BCUT2D eigenvalue weighted by Gasteiger charge is 2.41. The maximum atomic E-state index is 13.1. The Labute approximate surface area is 154 Å². The number of hydrogen-bond acceptors (Lipinski definition) is 3. The van der Waals surface area contributed by atoms with Crippen molar-refractivity contribution in [1.29, 1.82) is 0 Å². The molecule has 0 bridgehead atoms. The molecule has 2 saturated heterocycles. The molecule has 2 aliphatic heterocycles. The van der Waals surface area contributed by atoms with Gasteiger partial charge in [-0.05, 0) is 30.7 Å². The van der Waals surface area contributed by atoms with Crippen LogP contribution in [0.1, 0.15) is 38.7 Å². The van der Waals surface area contributed by atoms with E-state index in [1.807, 2.05) is 44.2 Å². The second-order valence-electron chi connectivity index (χ2n) is 7.63. The summed E-state index contributed by atoms with van der Waals surface area (Å²) in [4.78, 5) is 40.2. The standard InChI is InChI=1S/C20H27N3O3/c1-13(2)11-15-18(24)22-16(12-14-7-4-3-5-8-14)20(26)23-10-6-9-17(23)19(25)21-15/h3-5,7-8,13,15-17H,6,9-12H2,1-2H3,(H,21,25)(H,22,24)/t15-,16+,17-/m0/s1. The Bertz CT molecular complexity index is 674. The minimum absolute atomic E-state index is 0.162. The van der Waals surface area contributed by atoms with Gasteiger partial charge in [0, 0.05) is 13.0 Å². The van der Waals surface area contributed by atoms with Crippen molar-refractivity contribution < 1.29 is 14.4 Å². The second-order valence-corrected chi connectivity index (χ2v) is 7.63. The molecular weight excluding hydrogens is 330 g/mol. The Kier molecular flexibility index (Phi) is 5.59. The van der Waals surface area contributed by atoms with E-state index in [2.05, 4.69) is 10.6 Å². The Morgan fingerprint density at radius 2 is 1.73 bits per heavy atom. The van der Waals surface area contributed by atoms with Crippen LogP contribution in [0.5, 0.6) is 0 Å². The lowest BCUT2D eigenvalue weighted by atomic mass is 10.0. The number of benzene rings is 1. The van der Waals surface area contributed by atoms with Crippen molar-refractivity contribution in [2.45, 2.75) is 57.7 Å². The molecule has 0 aromatic heterocycles. The molecule has 0 spiro atoms. The smallest absolute Gasteiger partial charge is 0.246 e. The predicted molar refractivity (Wildman–Crippen MR) is 98.2 cm³/mol. The quantitative estimate of drug-likeness (QED) is 0.851. The van der Waals surface area contributed by atoms with Gasteiger partial charge in [0.15, 0.2) is 0 Å². The lowest BCUT2D eigenvalue weighted by Gasteiger charge is -2.26. The molecule has 6 nitrogen and oxygen atoms in total. The van der Waals surface area contributed by atoms with Crippen molar-refractivity contribution in [2.75, 3.05) is 6.54 Å². The molecule has 2 aliphatic rings. The zero-order valence-electron chi connectivity index (χ0n) is 15.4. The van der Waals surface area contributed by atoms with Crippen molar-refractivity contribution in [2.24, 2.45) is 5.92 Å². The molecule has 0 unspecified atom stereocenters. The minimum Gasteiger partial charge on any atom is -0.343 e. The van der Waals surface area contributed by atoms with Gasteiger partial charge in [0.25, 0.3) is 0 Å². The summed E-state index contributed by atoms with van der Waals surface area (Å²) in [6, 6.07) is 7.94. The molecule has 2 heterocycles. The highest BCUT2D eigenvalue weighted by atomic mass is 16.2. The van der Waals surface area contributed by atoms with Crippen LogP contribution >= 0.6 is 0 Å². The first-order valence-corrected chi connectivity index (χ1v) is 9.41. The molecule has 1 aromatic carbocycles. The average Bonchev–Trinajstić information content (AvgIpc) is 3.10. The number of carbonyl (C=O) groups is 3. The highest BCUT2D eigenvalue weighted by molar-refractivity contribution is 5.97. The Balaban J connectivity index is 1.88. The van der Waals surface area contributed by atoms with Crippen molar-refractivity contribution in [3.63, 3.8) is 0 Å². The van der Waals surface area contributed by atoms with Crippen LogP contribution in [-0.4, -0.2) is 47.3 Å². The minimum atomic E-state index is -0.645. The van der Waals surface area contributed by atoms with Gasteiger partial charge in [-0.25, -0.2) is 0 Å². The summed E-state index contributed by atoms with van der Waals surface area (Å²) in [5.74, 6) is -0.390. The fourth-order valence-electron chi connectivity index (χ4n) is 3.80. The van der Waals surface area contributed by atoms with Gasteiger partial charge in [0.2, 0.25) is 17.7 Å². The zero-order chi connectivity index (χ0) is 18.7. The number of nitrogens with one attached hydrogen (secondary N) is 2. The Hall–Kier alpha value is -2.37. The number of hydrogen-bond donors (Lipinski definition) is 2. The fraction of sp³-hybridized carbons (Fsp3) is 0.550. The van der Waals surface area contributed by atoms with Crippen LogP contribution in [0.25, 0.3) is 0 Å². The molecule has 140 valence electrons. The number of fused-ring (bicyclic) bond motifs is 1. The molecule has 6 heteroatoms. The van der Waals surface area contributed by atoms with Gasteiger partial charge >= 0.3 is 0 Å². The molecule has 26 heavy (non-hydrogen) atoms. The van der Waals surface area contributed by atoms with Crippen molar-refractivity contribution in [3.8, 4) is 0 Å². The van der Waals surface area contributed by atoms with Gasteiger partial charge in [-0.2, -0.15) is 0 Å². The van der Waals surface area contributed by atoms with E-state index >= 15 is 0 Å². The van der Waals surface area contributed by atoms with Crippen LogP contribution in [0.4, 0.5) is 0 Å². The molecule has 3 amide bonds. The molecule has 1 aromatic rings. The number of amides is 3. The highest BCUT2D eigenvalue weighted by Crippen LogP contribution is 2.21. The zero-order valence-corrected chi connectivity index (χ0v) is 15.4. The molecule has 0 radical (unpaired) electrons. The van der Waals surface area contributed by atoms with Gasteiger partial charge < -0.3 is 15.5 Å². The van der Waals surface area contributed by atoms with Crippen LogP contribution in [0.3, 0.4) is 0 Å². The van der Waals surface area contributed by atoms with Crippen molar-refractivity contribution in [3.05, 3.63) is 35.9 Å². The molecule has 2 N–H and O–H groups in total. The van der Waals surface area contributed by atoms with E-state index in [4.69, 9.17) is 0 Å². The Morgan fingerprint density at radius 3 is 2.42 bits per heavy atom. The monoisotopic (exact) mass is 357 g/mol. The summed E-state index contributed by atoms with van der Waals surface area (Å²) >= 11 is 0. The summed E-state index contributed by atoms with van der Waals surface area (Å²) in [5, 5.41) is 5.77. The van der Waals surface area contributed by atoms with Crippen LogP contribution < -0.4 is 10.6 Å². The molecule has 0 aliphatic carbocycles. The first kappa shape index (κ1) is 18.4. The molecule has 2 fully saturated rings. The second kappa shape index (κ2) is 7.89. The van der Waals surface area contributed by atoms with E-state index in [0.29, 0.717) is 25.8 Å². The third-order valence-corrected chi connectivity index (χ3v) is 5.08. The summed E-state index contributed by atoms with van der Waals surface area (Å²) in [5.41, 5.74) is 0.987. The van der Waals surface area contributed by atoms with Gasteiger partial charge in [0.1, 0.15) is 18.1 Å². The summed E-state index contributed by atoms with van der Waals surface area (Å²) < 4.78 is 0. The molecule has 3 atom stereocenters. The van der Waals surface area contributed by atoms with Gasteiger partial charge in [-0.1, -0.05) is 44.2 Å². The maximum Gasteiger partial charge on any atom is 0.246 e. The van der Waals surface area contributed by atoms with Crippen LogP contribution in [0.2, 0.25) is 0 Å². The third kappa shape index (κ3) is 4.06. The van der Waals surface area contributed by atoms with E-state index < -0.39 is 18.1 Å². The van der Waals surface area contributed by atoms with Crippen molar-refractivity contribution >= 4 is 17.7 Å². The van der Waals surface area contributed by atoms with E-state index in [1.54, 1.807) is 4.90 Å². The fourth-order valence-corrected chi connectivity index (χ4v) is 3.80. The normalized spacial score (nSPS) is 26.7. The number of carbonyl (C=O) groups excluding carboxylic acids is 3. The van der Waals surface area contributed by atoms with Crippen molar-refractivity contribution in [1.82, 2.24) is 15.5 Å². The van der Waals surface area contributed by atoms with Gasteiger partial charge in [-0.15, -0.1) is 0 Å². The van der Waals surface area contributed by atoms with Crippen LogP contribution in [0.15, 0.2) is 30.3 Å². The van der Waals surface area contributed by atoms with E-state index in [9.17, 15) is 14.4 Å². The summed E-state index contributed by atoms with van der Waals surface area (Å²) in [6.45, 7) is 4.59. The van der Waals surface area contributed by atoms with Crippen LogP contribution in [-0.2, 0) is 20.8 Å². The van der Waals surface area contributed by atoms with Crippen LogP contribution in [0, 0.1) is 5.92 Å². The number of nitrogens with zero attached hydrogens (tertiary/aromatic N) is 1. The topological polar surface area (TPSA) is 78.5 Å². The molecule has 0 saturated carbocycles. The van der Waals surface area contributed by atoms with E-state index in [1.165, 1.54) is 0 Å². The Morgan fingerprint density at radius 1 is 1.04 bits per heavy atom. The van der Waals surface area contributed by atoms with E-state index in [-0.39, 0.29) is 23.6 Å². The lowest BCUT2D eigenvalue weighted by molar-refractivity contribution is -0.139. The maximum absolute atomic E-state index is 13.1. The molecule has 3 rings (SSSR count). The van der Waals surface area contributed by atoms with E-state index in [0.717, 1.165) is 12.0 Å². The van der Waals surface area contributed by atoms with Gasteiger partial charge in [-0.3, -0.25) is 14.4 Å². The SMILES string of the molecule is CC(C)C[C@@H]1NC(=O)[C@@H]2CCCN2C(=O)[C@@H](Cc2ccccc2)NC1=O. The lowest BCUT2D eigenvalue weighted by Crippen LogP contribution is -2.52. The molecular formula is C20H27N3O3. The van der Waals surface area contributed by atoms with Gasteiger partial charge in [0.05, 0.1) is 0 Å². The first-order chi connectivity index (χ1) is 12.5.